The van der Waals surface area contributed by atoms with Crippen LogP contribution in [-0.4, -0.2) is 18.4 Å². The van der Waals surface area contributed by atoms with Gasteiger partial charge in [-0.05, 0) is 24.3 Å². The van der Waals surface area contributed by atoms with E-state index in [1.807, 2.05) is 6.07 Å². The van der Waals surface area contributed by atoms with E-state index in [0.717, 1.165) is 10.8 Å². The fraction of sp³-hybridized carbons (Fsp3) is 0. The third-order valence-corrected chi connectivity index (χ3v) is 4.43. The van der Waals surface area contributed by atoms with Crippen molar-refractivity contribution >= 4 is 32.3 Å². The lowest BCUT2D eigenvalue weighted by atomic mass is 10.1. The Labute approximate surface area is 121 Å². The van der Waals surface area contributed by atoms with Gasteiger partial charge in [0.05, 0.1) is 5.69 Å². The van der Waals surface area contributed by atoms with Gasteiger partial charge in [-0.15, -0.1) is 0 Å². The number of hydrogen-bond acceptors (Lipinski definition) is 5. The topological polar surface area (TPSA) is 98.0 Å². The monoisotopic (exact) mass is 300 g/mol. The normalized spacial score (nSPS) is 11.4. The van der Waals surface area contributed by atoms with Crippen LogP contribution in [0.2, 0.25) is 0 Å². The van der Waals surface area contributed by atoms with E-state index in [9.17, 15) is 8.42 Å². The molecule has 3 rings (SSSR count). The van der Waals surface area contributed by atoms with Crippen LogP contribution in [0.4, 0.5) is 11.5 Å². The van der Waals surface area contributed by atoms with Crippen molar-refractivity contribution < 1.29 is 8.42 Å². The third kappa shape index (κ3) is 2.50. The van der Waals surface area contributed by atoms with Gasteiger partial charge in [-0.3, -0.25) is 9.71 Å². The Kier molecular flexibility index (Phi) is 3.19. The smallest absolute Gasteiger partial charge is 0.265 e. The highest BCUT2D eigenvalue weighted by Gasteiger charge is 2.18. The van der Waals surface area contributed by atoms with Crippen LogP contribution in [0.1, 0.15) is 0 Å². The molecule has 3 N–H and O–H groups in total. The molecular weight excluding hydrogens is 288 g/mol. The maximum atomic E-state index is 12.4. The minimum absolute atomic E-state index is 0.0353. The Balaban J connectivity index is 2.08. The molecule has 21 heavy (non-hydrogen) atoms. The maximum absolute atomic E-state index is 12.4. The van der Waals surface area contributed by atoms with Crippen LogP contribution in [0.15, 0.2) is 59.9 Å². The summed E-state index contributed by atoms with van der Waals surface area (Å²) in [6.07, 6.45) is 4.72. The average Bonchev–Trinajstić information content (AvgIpc) is 2.47. The quantitative estimate of drug-likeness (QED) is 0.771. The average molecular weight is 300 g/mol. The largest absolute Gasteiger partial charge is 0.383 e. The van der Waals surface area contributed by atoms with Crippen LogP contribution >= 0.6 is 0 Å². The highest BCUT2D eigenvalue weighted by molar-refractivity contribution is 7.92. The molecule has 0 saturated heterocycles. The van der Waals surface area contributed by atoms with Crippen LogP contribution in [0.25, 0.3) is 10.8 Å². The van der Waals surface area contributed by atoms with E-state index in [-0.39, 0.29) is 10.7 Å². The first kappa shape index (κ1) is 13.3. The zero-order valence-corrected chi connectivity index (χ0v) is 11.7. The van der Waals surface area contributed by atoms with Gasteiger partial charge in [0.25, 0.3) is 10.0 Å². The molecule has 0 aliphatic heterocycles. The SMILES string of the molecule is Nc1ncccc1S(=O)(=O)Nc1cccc2cnccc12. The van der Waals surface area contributed by atoms with E-state index in [0.29, 0.717) is 5.69 Å². The molecular formula is C14H12N4O2S. The number of nitrogens with zero attached hydrogens (tertiary/aromatic N) is 2. The first-order chi connectivity index (χ1) is 10.1. The van der Waals surface area contributed by atoms with E-state index in [4.69, 9.17) is 5.73 Å². The van der Waals surface area contributed by atoms with E-state index in [1.165, 1.54) is 18.3 Å². The molecule has 0 atom stereocenters. The van der Waals surface area contributed by atoms with E-state index in [1.54, 1.807) is 30.6 Å². The van der Waals surface area contributed by atoms with Crippen molar-refractivity contribution in [3.8, 4) is 0 Å². The summed E-state index contributed by atoms with van der Waals surface area (Å²) in [5.41, 5.74) is 6.10. The number of rotatable bonds is 3. The van der Waals surface area contributed by atoms with Crippen LogP contribution in [-0.2, 0) is 10.0 Å². The van der Waals surface area contributed by atoms with Gasteiger partial charge in [-0.1, -0.05) is 12.1 Å². The highest BCUT2D eigenvalue weighted by atomic mass is 32.2. The number of nitrogens with two attached hydrogens (primary N) is 1. The molecule has 0 bridgehead atoms. The summed E-state index contributed by atoms with van der Waals surface area (Å²) < 4.78 is 27.4. The number of aromatic nitrogens is 2. The first-order valence-electron chi connectivity index (χ1n) is 6.14. The number of nitrogen functional groups attached to an aromatic ring is 1. The van der Waals surface area contributed by atoms with Gasteiger partial charge < -0.3 is 5.73 Å². The second-order valence-corrected chi connectivity index (χ2v) is 6.05. The lowest BCUT2D eigenvalue weighted by Gasteiger charge is -2.11. The molecule has 0 fully saturated rings. The molecule has 1 aromatic carbocycles. The molecule has 0 unspecified atom stereocenters. The van der Waals surface area contributed by atoms with E-state index in [2.05, 4.69) is 14.7 Å². The number of anilines is 2. The van der Waals surface area contributed by atoms with Gasteiger partial charge in [0.2, 0.25) is 0 Å². The Morgan fingerprint density at radius 2 is 1.90 bits per heavy atom. The molecule has 0 saturated carbocycles. The Morgan fingerprint density at radius 1 is 1.05 bits per heavy atom. The molecule has 0 aliphatic carbocycles. The summed E-state index contributed by atoms with van der Waals surface area (Å²) >= 11 is 0. The third-order valence-electron chi connectivity index (χ3n) is 3.01. The number of sulfonamides is 1. The fourth-order valence-corrected chi connectivity index (χ4v) is 3.20. The van der Waals surface area contributed by atoms with Crippen LogP contribution in [0, 0.1) is 0 Å². The maximum Gasteiger partial charge on any atom is 0.265 e. The van der Waals surface area contributed by atoms with Crippen molar-refractivity contribution in [2.75, 3.05) is 10.5 Å². The number of pyridine rings is 2. The van der Waals surface area contributed by atoms with Crippen molar-refractivity contribution in [2.45, 2.75) is 4.90 Å². The second kappa shape index (κ2) is 5.02. The zero-order valence-electron chi connectivity index (χ0n) is 10.9. The van der Waals surface area contributed by atoms with Gasteiger partial charge in [-0.2, -0.15) is 0 Å². The minimum atomic E-state index is -3.79. The molecule has 0 amide bonds. The summed E-state index contributed by atoms with van der Waals surface area (Å²) in [5.74, 6) is -0.0353. The van der Waals surface area contributed by atoms with Crippen molar-refractivity contribution in [3.05, 3.63) is 55.0 Å². The predicted molar refractivity (Wildman–Crippen MR) is 81.2 cm³/mol. The van der Waals surface area contributed by atoms with E-state index >= 15 is 0 Å². The van der Waals surface area contributed by atoms with Crippen molar-refractivity contribution in [1.29, 1.82) is 0 Å². The van der Waals surface area contributed by atoms with Gasteiger partial charge in [0.1, 0.15) is 10.7 Å². The summed E-state index contributed by atoms with van der Waals surface area (Å²) in [4.78, 5) is 7.77. The first-order valence-corrected chi connectivity index (χ1v) is 7.62. The summed E-state index contributed by atoms with van der Waals surface area (Å²) in [6, 6.07) is 9.99. The highest BCUT2D eigenvalue weighted by Crippen LogP contribution is 2.26. The summed E-state index contributed by atoms with van der Waals surface area (Å²) in [5, 5.41) is 1.61. The lowest BCUT2D eigenvalue weighted by molar-refractivity contribution is 0.601. The number of nitrogens with one attached hydrogen (secondary N) is 1. The minimum Gasteiger partial charge on any atom is -0.383 e. The van der Waals surface area contributed by atoms with E-state index < -0.39 is 10.0 Å². The van der Waals surface area contributed by atoms with Crippen molar-refractivity contribution in [3.63, 3.8) is 0 Å². The molecule has 106 valence electrons. The molecule has 2 heterocycles. The Morgan fingerprint density at radius 3 is 2.71 bits per heavy atom. The molecule has 0 radical (unpaired) electrons. The van der Waals surface area contributed by atoms with Crippen LogP contribution in [0.3, 0.4) is 0 Å². The standard InChI is InChI=1S/C14H12N4O2S/c15-14-13(5-2-7-17-14)21(19,20)18-12-4-1-3-10-9-16-8-6-11(10)12/h1-9,18H,(H2,15,17). The van der Waals surface area contributed by atoms with Gasteiger partial charge in [0.15, 0.2) is 0 Å². The van der Waals surface area contributed by atoms with Crippen molar-refractivity contribution in [2.24, 2.45) is 0 Å². The molecule has 3 aromatic rings. The Bertz CT molecular complexity index is 904. The summed E-state index contributed by atoms with van der Waals surface area (Å²) in [7, 11) is -3.79. The predicted octanol–water partition coefficient (Wildman–Crippen LogP) is 2.01. The fourth-order valence-electron chi connectivity index (χ4n) is 2.04. The number of benzene rings is 1. The van der Waals surface area contributed by atoms with Crippen LogP contribution in [0.5, 0.6) is 0 Å². The molecule has 0 aliphatic rings. The zero-order chi connectivity index (χ0) is 14.9. The molecule has 2 aromatic heterocycles. The molecule has 6 nitrogen and oxygen atoms in total. The number of fused-ring (bicyclic) bond motifs is 1. The lowest BCUT2D eigenvalue weighted by Crippen LogP contribution is -2.15. The Hall–Kier alpha value is -2.67. The number of hydrogen-bond donors (Lipinski definition) is 2. The second-order valence-electron chi connectivity index (χ2n) is 4.39. The van der Waals surface area contributed by atoms with Crippen LogP contribution < -0.4 is 10.5 Å². The van der Waals surface area contributed by atoms with Gasteiger partial charge >= 0.3 is 0 Å². The molecule has 7 heteroatoms. The van der Waals surface area contributed by atoms with Crippen molar-refractivity contribution in [1.82, 2.24) is 9.97 Å². The van der Waals surface area contributed by atoms with Gasteiger partial charge in [-0.25, -0.2) is 13.4 Å². The summed E-state index contributed by atoms with van der Waals surface area (Å²) in [6.45, 7) is 0. The van der Waals surface area contributed by atoms with Gasteiger partial charge in [0, 0.05) is 29.4 Å². The molecule has 0 spiro atoms.